The molecule has 1 N–H and O–H groups in total. The zero-order chi connectivity index (χ0) is 13.6. The zero-order valence-electron chi connectivity index (χ0n) is 11.9. The number of hydrogen-bond acceptors (Lipinski definition) is 3. The van der Waals surface area contributed by atoms with Gasteiger partial charge in [0.2, 0.25) is 0 Å². The van der Waals surface area contributed by atoms with Crippen LogP contribution in [0.1, 0.15) is 32.3 Å². The molecule has 0 bridgehead atoms. The molecule has 0 atom stereocenters. The molecule has 18 heavy (non-hydrogen) atoms. The molecule has 1 aromatic rings. The fourth-order valence-electron chi connectivity index (χ4n) is 2.11. The summed E-state index contributed by atoms with van der Waals surface area (Å²) < 4.78 is 5.21. The first-order chi connectivity index (χ1) is 8.53. The molecular formula is C15H25NO2. The van der Waals surface area contributed by atoms with Crippen LogP contribution in [0.4, 0.5) is 0 Å². The lowest BCUT2D eigenvalue weighted by molar-refractivity contribution is 0.00130. The van der Waals surface area contributed by atoms with Gasteiger partial charge in [-0.25, -0.2) is 0 Å². The van der Waals surface area contributed by atoms with Crippen LogP contribution in [0.5, 0.6) is 5.75 Å². The van der Waals surface area contributed by atoms with Gasteiger partial charge in [0, 0.05) is 13.1 Å². The first kappa shape index (κ1) is 15.0. The van der Waals surface area contributed by atoms with Crippen LogP contribution >= 0.6 is 0 Å². The van der Waals surface area contributed by atoms with Crippen molar-refractivity contribution >= 4 is 0 Å². The molecule has 0 aliphatic rings. The Kier molecular flexibility index (Phi) is 5.63. The first-order valence-electron chi connectivity index (χ1n) is 6.57. The highest BCUT2D eigenvalue weighted by Gasteiger charge is 2.23. The van der Waals surface area contributed by atoms with Crippen LogP contribution in [0, 0.1) is 0 Å². The Labute approximate surface area is 110 Å². The third kappa shape index (κ3) is 4.31. The molecule has 0 aliphatic carbocycles. The van der Waals surface area contributed by atoms with E-state index in [4.69, 9.17) is 4.74 Å². The van der Waals surface area contributed by atoms with Crippen LogP contribution in [-0.2, 0) is 6.54 Å². The van der Waals surface area contributed by atoms with Crippen LogP contribution in [0.3, 0.4) is 0 Å². The lowest BCUT2D eigenvalue weighted by Gasteiger charge is -2.30. The maximum Gasteiger partial charge on any atom is 0.119 e. The highest BCUT2D eigenvalue weighted by molar-refractivity contribution is 5.28. The Bertz CT molecular complexity index is 361. The van der Waals surface area contributed by atoms with Crippen LogP contribution in [0.15, 0.2) is 24.3 Å². The maximum absolute atomic E-state index is 10.3. The molecule has 0 heterocycles. The third-order valence-corrected chi connectivity index (χ3v) is 3.47. The van der Waals surface area contributed by atoms with Gasteiger partial charge in [-0.15, -0.1) is 0 Å². The quantitative estimate of drug-likeness (QED) is 0.808. The SMILES string of the molecule is CCC(O)(CC)CN(C)Cc1cccc(OC)c1. The number of aliphatic hydroxyl groups is 1. The van der Waals surface area contributed by atoms with E-state index in [9.17, 15) is 5.11 Å². The Balaban J connectivity index is 2.61. The minimum Gasteiger partial charge on any atom is -0.497 e. The molecule has 0 unspecified atom stereocenters. The molecule has 0 aliphatic heterocycles. The molecule has 0 spiro atoms. The van der Waals surface area contributed by atoms with Gasteiger partial charge >= 0.3 is 0 Å². The summed E-state index contributed by atoms with van der Waals surface area (Å²) in [5.41, 5.74) is 0.625. The summed E-state index contributed by atoms with van der Waals surface area (Å²) in [4.78, 5) is 2.15. The molecule has 1 aromatic carbocycles. The highest BCUT2D eigenvalue weighted by atomic mass is 16.5. The minimum atomic E-state index is -0.576. The lowest BCUT2D eigenvalue weighted by Crippen LogP contribution is -2.40. The van der Waals surface area contributed by atoms with Gasteiger partial charge in [-0.3, -0.25) is 4.90 Å². The molecule has 0 saturated heterocycles. The summed E-state index contributed by atoms with van der Waals surface area (Å²) >= 11 is 0. The van der Waals surface area contributed by atoms with Crippen molar-refractivity contribution in [3.05, 3.63) is 29.8 Å². The van der Waals surface area contributed by atoms with Crippen LogP contribution in [-0.4, -0.2) is 36.3 Å². The molecule has 0 radical (unpaired) electrons. The van der Waals surface area contributed by atoms with Crippen LogP contribution in [0.2, 0.25) is 0 Å². The second-order valence-corrected chi connectivity index (χ2v) is 4.96. The van der Waals surface area contributed by atoms with Gasteiger partial charge < -0.3 is 9.84 Å². The topological polar surface area (TPSA) is 32.7 Å². The predicted molar refractivity (Wildman–Crippen MR) is 74.9 cm³/mol. The van der Waals surface area contributed by atoms with E-state index in [2.05, 4.69) is 11.0 Å². The smallest absolute Gasteiger partial charge is 0.119 e. The molecule has 102 valence electrons. The predicted octanol–water partition coefficient (Wildman–Crippen LogP) is 2.68. The van der Waals surface area contributed by atoms with Gasteiger partial charge in [0.05, 0.1) is 12.7 Å². The molecule has 0 saturated carbocycles. The number of likely N-dealkylation sites (N-methyl/N-ethyl adjacent to an activating group) is 1. The van der Waals surface area contributed by atoms with Gasteiger partial charge in [-0.05, 0) is 37.6 Å². The summed E-state index contributed by atoms with van der Waals surface area (Å²) in [5, 5.41) is 10.3. The molecule has 3 nitrogen and oxygen atoms in total. The van der Waals surface area contributed by atoms with E-state index < -0.39 is 5.60 Å². The van der Waals surface area contributed by atoms with E-state index in [1.54, 1.807) is 7.11 Å². The average molecular weight is 251 g/mol. The Morgan fingerprint density at radius 2 is 1.94 bits per heavy atom. The largest absolute Gasteiger partial charge is 0.497 e. The molecule has 0 fully saturated rings. The van der Waals surface area contributed by atoms with Crippen LogP contribution < -0.4 is 4.74 Å². The Hall–Kier alpha value is -1.06. The van der Waals surface area contributed by atoms with Crippen molar-refractivity contribution in [2.45, 2.75) is 38.8 Å². The standard InChI is InChI=1S/C15H25NO2/c1-5-15(17,6-2)12-16(3)11-13-8-7-9-14(10-13)18-4/h7-10,17H,5-6,11-12H2,1-4H3. The third-order valence-electron chi connectivity index (χ3n) is 3.47. The summed E-state index contributed by atoms with van der Waals surface area (Å²) in [6.07, 6.45) is 1.57. The number of methoxy groups -OCH3 is 1. The van der Waals surface area contributed by atoms with E-state index in [0.717, 1.165) is 25.1 Å². The fraction of sp³-hybridized carbons (Fsp3) is 0.600. The Morgan fingerprint density at radius 1 is 1.28 bits per heavy atom. The van der Waals surface area contributed by atoms with Gasteiger partial charge in [0.15, 0.2) is 0 Å². The zero-order valence-corrected chi connectivity index (χ0v) is 11.9. The van der Waals surface area contributed by atoms with Gasteiger partial charge in [-0.2, -0.15) is 0 Å². The number of nitrogens with zero attached hydrogens (tertiary/aromatic N) is 1. The second-order valence-electron chi connectivity index (χ2n) is 4.96. The first-order valence-corrected chi connectivity index (χ1v) is 6.57. The van der Waals surface area contributed by atoms with Gasteiger partial charge in [0.25, 0.3) is 0 Å². The fourth-order valence-corrected chi connectivity index (χ4v) is 2.11. The molecule has 0 amide bonds. The summed E-state index contributed by atoms with van der Waals surface area (Å²) in [6.45, 7) is 5.57. The number of rotatable bonds is 7. The van der Waals surface area contributed by atoms with Crippen LogP contribution in [0.25, 0.3) is 0 Å². The van der Waals surface area contributed by atoms with Crippen molar-refractivity contribution in [3.63, 3.8) is 0 Å². The Morgan fingerprint density at radius 3 is 2.50 bits per heavy atom. The second kappa shape index (κ2) is 6.76. The number of benzene rings is 1. The summed E-state index contributed by atoms with van der Waals surface area (Å²) in [6, 6.07) is 8.05. The monoisotopic (exact) mass is 251 g/mol. The van der Waals surface area contributed by atoms with Crippen molar-refractivity contribution in [1.82, 2.24) is 4.90 Å². The number of hydrogen-bond donors (Lipinski definition) is 1. The van der Waals surface area contributed by atoms with E-state index in [1.165, 1.54) is 5.56 Å². The summed E-state index contributed by atoms with van der Waals surface area (Å²) in [5.74, 6) is 0.877. The number of ether oxygens (including phenoxy) is 1. The summed E-state index contributed by atoms with van der Waals surface area (Å²) in [7, 11) is 3.71. The van der Waals surface area contributed by atoms with Gasteiger partial charge in [-0.1, -0.05) is 26.0 Å². The van der Waals surface area contributed by atoms with Crippen molar-refractivity contribution in [1.29, 1.82) is 0 Å². The maximum atomic E-state index is 10.3. The van der Waals surface area contributed by atoms with Crippen molar-refractivity contribution in [2.75, 3.05) is 20.7 Å². The molecule has 0 aromatic heterocycles. The van der Waals surface area contributed by atoms with Crippen molar-refractivity contribution in [2.24, 2.45) is 0 Å². The lowest BCUT2D eigenvalue weighted by atomic mass is 9.97. The highest BCUT2D eigenvalue weighted by Crippen LogP contribution is 2.18. The van der Waals surface area contributed by atoms with Crippen molar-refractivity contribution in [3.8, 4) is 5.75 Å². The minimum absolute atomic E-state index is 0.576. The molecule has 1 rings (SSSR count). The van der Waals surface area contributed by atoms with Crippen molar-refractivity contribution < 1.29 is 9.84 Å². The van der Waals surface area contributed by atoms with E-state index in [-0.39, 0.29) is 0 Å². The normalized spacial score (nSPS) is 11.9. The van der Waals surface area contributed by atoms with E-state index >= 15 is 0 Å². The van der Waals surface area contributed by atoms with E-state index in [1.807, 2.05) is 39.1 Å². The van der Waals surface area contributed by atoms with Gasteiger partial charge in [0.1, 0.15) is 5.75 Å². The molecular weight excluding hydrogens is 226 g/mol. The molecule has 3 heteroatoms. The van der Waals surface area contributed by atoms with E-state index in [0.29, 0.717) is 6.54 Å². The average Bonchev–Trinajstić information content (AvgIpc) is 2.38.